The molecule has 0 bridgehead atoms. The standard InChI is InChI=1S/C23H23FN4O3S/c1-3-13-16(28-23(32)27-12-4-5-12)6-7-19(21(13)24)31-18-8-9-26-17-11-20(30-2)15(22(25)29)10-14(17)18/h6-12H,3-5H2,1-2H3,(H2,25,29)(H2,27,28,32). The van der Waals surface area contributed by atoms with Gasteiger partial charge in [0.15, 0.2) is 16.7 Å². The van der Waals surface area contributed by atoms with E-state index in [-0.39, 0.29) is 11.3 Å². The third kappa shape index (κ3) is 4.43. The smallest absolute Gasteiger partial charge is 0.252 e. The van der Waals surface area contributed by atoms with Gasteiger partial charge < -0.3 is 25.8 Å². The summed E-state index contributed by atoms with van der Waals surface area (Å²) in [6.07, 6.45) is 4.16. The summed E-state index contributed by atoms with van der Waals surface area (Å²) in [5.74, 6) is -0.435. The third-order valence-electron chi connectivity index (χ3n) is 5.23. The number of carbonyl (C=O) groups is 1. The van der Waals surface area contributed by atoms with E-state index in [0.29, 0.717) is 51.2 Å². The molecule has 1 aromatic heterocycles. The number of fused-ring (bicyclic) bond motifs is 1. The number of anilines is 1. The SMILES string of the molecule is CCc1c(NC(=S)NC2CC2)ccc(Oc2ccnc3cc(OC)c(C(N)=O)cc23)c1F. The fourth-order valence-electron chi connectivity index (χ4n) is 3.43. The summed E-state index contributed by atoms with van der Waals surface area (Å²) in [4.78, 5) is 16.1. The van der Waals surface area contributed by atoms with Crippen molar-refractivity contribution in [3.05, 3.63) is 53.5 Å². The van der Waals surface area contributed by atoms with Crippen molar-refractivity contribution in [2.75, 3.05) is 12.4 Å². The van der Waals surface area contributed by atoms with E-state index in [1.54, 1.807) is 24.3 Å². The van der Waals surface area contributed by atoms with Crippen LogP contribution in [0, 0.1) is 5.82 Å². The lowest BCUT2D eigenvalue weighted by Crippen LogP contribution is -2.30. The van der Waals surface area contributed by atoms with Gasteiger partial charge in [0.2, 0.25) is 0 Å². The van der Waals surface area contributed by atoms with E-state index in [4.69, 9.17) is 27.4 Å². The van der Waals surface area contributed by atoms with Gasteiger partial charge in [0.1, 0.15) is 11.5 Å². The number of carbonyl (C=O) groups excluding carboxylic acids is 1. The fourth-order valence-corrected chi connectivity index (χ4v) is 3.71. The van der Waals surface area contributed by atoms with Crippen molar-refractivity contribution in [1.29, 1.82) is 0 Å². The first-order chi connectivity index (χ1) is 15.4. The molecular weight excluding hydrogens is 431 g/mol. The number of hydrogen-bond donors (Lipinski definition) is 3. The van der Waals surface area contributed by atoms with Crippen molar-refractivity contribution in [3.8, 4) is 17.2 Å². The van der Waals surface area contributed by atoms with Gasteiger partial charge in [-0.2, -0.15) is 0 Å². The minimum atomic E-state index is -0.649. The number of pyridine rings is 1. The number of rotatable bonds is 7. The largest absolute Gasteiger partial charge is 0.496 e. The lowest BCUT2D eigenvalue weighted by atomic mass is 10.1. The van der Waals surface area contributed by atoms with E-state index < -0.39 is 11.7 Å². The van der Waals surface area contributed by atoms with Crippen LogP contribution in [0.3, 0.4) is 0 Å². The Balaban J connectivity index is 1.68. The summed E-state index contributed by atoms with van der Waals surface area (Å²) >= 11 is 5.32. The van der Waals surface area contributed by atoms with Crippen LogP contribution in [0.5, 0.6) is 17.2 Å². The van der Waals surface area contributed by atoms with Crippen molar-refractivity contribution < 1.29 is 18.7 Å². The average Bonchev–Trinajstić information content (AvgIpc) is 3.58. The maximum absolute atomic E-state index is 15.3. The Morgan fingerprint density at radius 2 is 2.03 bits per heavy atom. The zero-order valence-corrected chi connectivity index (χ0v) is 18.5. The molecule has 32 heavy (non-hydrogen) atoms. The van der Waals surface area contributed by atoms with E-state index in [1.807, 2.05) is 6.92 Å². The van der Waals surface area contributed by atoms with Gasteiger partial charge in [0.05, 0.1) is 18.2 Å². The maximum Gasteiger partial charge on any atom is 0.252 e. The molecule has 166 valence electrons. The van der Waals surface area contributed by atoms with Crippen LogP contribution in [0.4, 0.5) is 10.1 Å². The number of ether oxygens (including phenoxy) is 2. The molecular formula is C23H23FN4O3S. The summed E-state index contributed by atoms with van der Waals surface area (Å²) in [7, 11) is 1.44. The number of aromatic nitrogens is 1. The highest BCUT2D eigenvalue weighted by molar-refractivity contribution is 7.80. The van der Waals surface area contributed by atoms with Crippen molar-refractivity contribution in [2.45, 2.75) is 32.2 Å². The molecule has 1 aliphatic carbocycles. The Kier molecular flexibility index (Phi) is 6.09. The maximum atomic E-state index is 15.3. The molecule has 1 heterocycles. The second kappa shape index (κ2) is 8.96. The van der Waals surface area contributed by atoms with Crippen molar-refractivity contribution in [3.63, 3.8) is 0 Å². The molecule has 3 aromatic rings. The Hall–Kier alpha value is -3.46. The second-order valence-electron chi connectivity index (χ2n) is 7.48. The van der Waals surface area contributed by atoms with Gasteiger partial charge in [0, 0.05) is 34.9 Å². The predicted molar refractivity (Wildman–Crippen MR) is 125 cm³/mol. The van der Waals surface area contributed by atoms with E-state index >= 15 is 4.39 Å². The van der Waals surface area contributed by atoms with Gasteiger partial charge in [-0.15, -0.1) is 0 Å². The molecule has 2 aromatic carbocycles. The van der Waals surface area contributed by atoms with E-state index in [9.17, 15) is 4.79 Å². The van der Waals surface area contributed by atoms with Crippen LogP contribution in [0.2, 0.25) is 0 Å². The number of thiocarbonyl (C=S) groups is 1. The molecule has 1 saturated carbocycles. The van der Waals surface area contributed by atoms with E-state index in [1.165, 1.54) is 19.4 Å². The lowest BCUT2D eigenvalue weighted by molar-refractivity contribution is 0.0997. The number of nitrogens with one attached hydrogen (secondary N) is 2. The van der Waals surface area contributed by atoms with Crippen LogP contribution in [-0.2, 0) is 6.42 Å². The van der Waals surface area contributed by atoms with Gasteiger partial charge in [0.25, 0.3) is 5.91 Å². The number of methoxy groups -OCH3 is 1. The van der Waals surface area contributed by atoms with Crippen LogP contribution in [0.1, 0.15) is 35.7 Å². The number of benzene rings is 2. The zero-order valence-electron chi connectivity index (χ0n) is 17.7. The first-order valence-electron chi connectivity index (χ1n) is 10.2. The summed E-state index contributed by atoms with van der Waals surface area (Å²) in [6.45, 7) is 1.86. The van der Waals surface area contributed by atoms with Gasteiger partial charge >= 0.3 is 0 Å². The molecule has 0 atom stereocenters. The van der Waals surface area contributed by atoms with Gasteiger partial charge in [-0.25, -0.2) is 4.39 Å². The zero-order chi connectivity index (χ0) is 22.8. The van der Waals surface area contributed by atoms with Crippen LogP contribution in [0.25, 0.3) is 10.9 Å². The Morgan fingerprint density at radius 1 is 1.25 bits per heavy atom. The number of amides is 1. The van der Waals surface area contributed by atoms with Gasteiger partial charge in [-0.05, 0) is 55.7 Å². The molecule has 1 fully saturated rings. The fraction of sp³-hybridized carbons (Fsp3) is 0.261. The normalized spacial score (nSPS) is 13.0. The second-order valence-corrected chi connectivity index (χ2v) is 7.88. The number of halogens is 1. The first-order valence-corrected chi connectivity index (χ1v) is 10.6. The van der Waals surface area contributed by atoms with Crippen LogP contribution in [-0.4, -0.2) is 29.2 Å². The van der Waals surface area contributed by atoms with Crippen LogP contribution in [0.15, 0.2) is 36.5 Å². The first kappa shape index (κ1) is 21.8. The monoisotopic (exact) mass is 454 g/mol. The molecule has 4 N–H and O–H groups in total. The average molecular weight is 455 g/mol. The van der Waals surface area contributed by atoms with E-state index in [0.717, 1.165) is 12.8 Å². The summed E-state index contributed by atoms with van der Waals surface area (Å²) in [5.41, 5.74) is 7.23. The van der Waals surface area contributed by atoms with Gasteiger partial charge in [-0.1, -0.05) is 6.92 Å². The minimum Gasteiger partial charge on any atom is -0.496 e. The van der Waals surface area contributed by atoms with Crippen LogP contribution < -0.4 is 25.8 Å². The van der Waals surface area contributed by atoms with Crippen LogP contribution >= 0.6 is 12.2 Å². The Bertz CT molecular complexity index is 1210. The molecule has 0 unspecified atom stereocenters. The number of primary amides is 1. The molecule has 9 heteroatoms. The number of hydrogen-bond acceptors (Lipinski definition) is 5. The molecule has 1 amide bonds. The molecule has 0 spiro atoms. The van der Waals surface area contributed by atoms with Gasteiger partial charge in [-0.3, -0.25) is 9.78 Å². The molecule has 0 aliphatic heterocycles. The summed E-state index contributed by atoms with van der Waals surface area (Å²) in [6, 6.07) is 8.41. The molecule has 7 nitrogen and oxygen atoms in total. The summed E-state index contributed by atoms with van der Waals surface area (Å²) < 4.78 is 26.5. The third-order valence-corrected chi connectivity index (χ3v) is 5.45. The highest BCUT2D eigenvalue weighted by atomic mass is 32.1. The molecule has 4 rings (SSSR count). The van der Waals surface area contributed by atoms with Crippen molar-refractivity contribution in [2.24, 2.45) is 5.73 Å². The highest BCUT2D eigenvalue weighted by Crippen LogP contribution is 2.36. The Morgan fingerprint density at radius 3 is 2.69 bits per heavy atom. The lowest BCUT2D eigenvalue weighted by Gasteiger charge is -2.17. The number of nitrogens with zero attached hydrogens (tertiary/aromatic N) is 1. The van der Waals surface area contributed by atoms with Crippen molar-refractivity contribution in [1.82, 2.24) is 10.3 Å². The number of nitrogens with two attached hydrogens (primary N) is 1. The quantitative estimate of drug-likeness (QED) is 0.458. The van der Waals surface area contributed by atoms with Crippen molar-refractivity contribution >= 4 is 39.8 Å². The highest BCUT2D eigenvalue weighted by Gasteiger charge is 2.23. The molecule has 1 aliphatic rings. The molecule has 0 saturated heterocycles. The topological polar surface area (TPSA) is 98.5 Å². The van der Waals surface area contributed by atoms with E-state index in [2.05, 4.69) is 15.6 Å². The summed E-state index contributed by atoms with van der Waals surface area (Å²) in [5, 5.41) is 7.25. The molecule has 0 radical (unpaired) electrons. The minimum absolute atomic E-state index is 0.0532. The predicted octanol–water partition coefficient (Wildman–Crippen LogP) is 4.28. The Labute approximate surface area is 190 Å².